The van der Waals surface area contributed by atoms with Gasteiger partial charge in [0.15, 0.2) is 0 Å². The quantitative estimate of drug-likeness (QED) is 0.292. The lowest BCUT2D eigenvalue weighted by Gasteiger charge is -2.29. The second kappa shape index (κ2) is 13.8. The molecular weight excluding hydrogens is 519 g/mol. The van der Waals surface area contributed by atoms with Gasteiger partial charge >= 0.3 is 6.03 Å². The minimum absolute atomic E-state index is 0.0335. The maximum Gasteiger partial charge on any atom is 0.322 e. The van der Waals surface area contributed by atoms with Gasteiger partial charge in [0.25, 0.3) is 0 Å². The summed E-state index contributed by atoms with van der Waals surface area (Å²) in [5, 5.41) is 4.99. The lowest BCUT2D eigenvalue weighted by molar-refractivity contribution is -0.133. The molecule has 9 heteroatoms. The van der Waals surface area contributed by atoms with Gasteiger partial charge in [-0.3, -0.25) is 4.79 Å². The first kappa shape index (κ1) is 28.1. The van der Waals surface area contributed by atoms with Gasteiger partial charge in [0.1, 0.15) is 12.4 Å². The monoisotopic (exact) mass is 554 g/mol. The molecule has 202 valence electrons. The van der Waals surface area contributed by atoms with Crippen LogP contribution in [0.15, 0.2) is 64.9 Å². The summed E-state index contributed by atoms with van der Waals surface area (Å²) >= 11 is 3.25. The molecule has 3 amide bonds. The van der Waals surface area contributed by atoms with Crippen molar-refractivity contribution in [1.29, 1.82) is 0 Å². The molecule has 0 bridgehead atoms. The highest BCUT2D eigenvalue weighted by atomic mass is 32.2. The summed E-state index contributed by atoms with van der Waals surface area (Å²) in [5.74, 6) is -0.451. The molecule has 1 saturated heterocycles. The lowest BCUT2D eigenvalue weighted by atomic mass is 10.2. The summed E-state index contributed by atoms with van der Waals surface area (Å²) in [7, 11) is 0. The number of anilines is 1. The van der Waals surface area contributed by atoms with Gasteiger partial charge in [-0.25, -0.2) is 9.18 Å². The number of aryl methyl sites for hydroxylation is 1. The Balaban J connectivity index is 1.50. The van der Waals surface area contributed by atoms with Crippen molar-refractivity contribution < 1.29 is 14.0 Å². The molecule has 38 heavy (non-hydrogen) atoms. The molecular formula is C29H35FN4O2S2. The van der Waals surface area contributed by atoms with E-state index in [0.717, 1.165) is 40.5 Å². The number of hydrogen-bond donors (Lipinski definition) is 1. The summed E-state index contributed by atoms with van der Waals surface area (Å²) in [6.45, 7) is 6.02. The molecule has 4 rings (SSSR count). The van der Waals surface area contributed by atoms with E-state index in [9.17, 15) is 14.0 Å². The van der Waals surface area contributed by atoms with E-state index in [-0.39, 0.29) is 24.3 Å². The molecule has 0 unspecified atom stereocenters. The van der Waals surface area contributed by atoms with Crippen molar-refractivity contribution in [2.75, 3.05) is 44.3 Å². The highest BCUT2D eigenvalue weighted by molar-refractivity contribution is 7.98. The van der Waals surface area contributed by atoms with Crippen LogP contribution in [0.5, 0.6) is 0 Å². The highest BCUT2D eigenvalue weighted by Crippen LogP contribution is 2.21. The first-order valence-electron chi connectivity index (χ1n) is 12.9. The van der Waals surface area contributed by atoms with Crippen LogP contribution in [0.2, 0.25) is 0 Å². The first-order chi connectivity index (χ1) is 18.4. The van der Waals surface area contributed by atoms with Gasteiger partial charge < -0.3 is 20.0 Å². The van der Waals surface area contributed by atoms with Crippen LogP contribution in [0.25, 0.3) is 0 Å². The zero-order valence-electron chi connectivity index (χ0n) is 22.0. The average Bonchev–Trinajstić information content (AvgIpc) is 3.59. The maximum atomic E-state index is 13.7. The third-order valence-corrected chi connectivity index (χ3v) is 8.53. The third kappa shape index (κ3) is 8.06. The Morgan fingerprint density at radius 2 is 1.71 bits per heavy atom. The molecule has 0 radical (unpaired) electrons. The SMILES string of the molecule is CSc1ccc(NC(=O)N(CCN2CCCC2)CC(=O)N(Cc2ccc(F)cc2)Cc2sccc2C)cc1. The van der Waals surface area contributed by atoms with E-state index in [2.05, 4.69) is 10.2 Å². The summed E-state index contributed by atoms with van der Waals surface area (Å²) in [6, 6.07) is 15.7. The Morgan fingerprint density at radius 3 is 2.34 bits per heavy atom. The van der Waals surface area contributed by atoms with Crippen LogP contribution in [-0.2, 0) is 17.9 Å². The Hall–Kier alpha value is -2.88. The fraction of sp³-hybridized carbons (Fsp3) is 0.379. The summed E-state index contributed by atoms with van der Waals surface area (Å²) in [6.07, 6.45) is 4.34. The van der Waals surface area contributed by atoms with E-state index in [0.29, 0.717) is 25.3 Å². The van der Waals surface area contributed by atoms with Gasteiger partial charge in [-0.05, 0) is 98.1 Å². The Kier molecular flexibility index (Phi) is 10.2. The fourth-order valence-corrected chi connectivity index (χ4v) is 5.77. The third-order valence-electron chi connectivity index (χ3n) is 6.78. The van der Waals surface area contributed by atoms with E-state index in [1.807, 2.05) is 48.9 Å². The zero-order chi connectivity index (χ0) is 26.9. The van der Waals surface area contributed by atoms with Gasteiger partial charge in [-0.1, -0.05) is 12.1 Å². The number of nitrogens with zero attached hydrogens (tertiary/aromatic N) is 3. The highest BCUT2D eigenvalue weighted by Gasteiger charge is 2.24. The number of carbonyl (C=O) groups is 2. The molecule has 0 aliphatic carbocycles. The number of thioether (sulfide) groups is 1. The van der Waals surface area contributed by atoms with E-state index >= 15 is 0 Å². The lowest BCUT2D eigenvalue weighted by Crippen LogP contribution is -2.46. The molecule has 0 atom stereocenters. The van der Waals surface area contributed by atoms with E-state index in [4.69, 9.17) is 0 Å². The zero-order valence-corrected chi connectivity index (χ0v) is 23.6. The molecule has 0 spiro atoms. The standard InChI is InChI=1S/C29H35FN4O2S2/c1-22-13-18-38-27(22)20-34(19-23-5-7-24(30)8-6-23)28(35)21-33(17-16-32-14-3-4-15-32)29(36)31-25-9-11-26(37-2)12-10-25/h5-13,18H,3-4,14-17,19-21H2,1-2H3,(H,31,36). The van der Waals surface area contributed by atoms with Crippen LogP contribution in [0.4, 0.5) is 14.9 Å². The van der Waals surface area contributed by atoms with Crippen molar-refractivity contribution in [3.8, 4) is 0 Å². The van der Waals surface area contributed by atoms with Crippen LogP contribution in [0.1, 0.15) is 28.8 Å². The minimum Gasteiger partial charge on any atom is -0.332 e. The van der Waals surface area contributed by atoms with E-state index in [1.165, 1.54) is 25.0 Å². The number of urea groups is 1. The molecule has 2 aromatic carbocycles. The molecule has 1 N–H and O–H groups in total. The van der Waals surface area contributed by atoms with Crippen LogP contribution in [-0.4, -0.2) is 65.6 Å². The largest absolute Gasteiger partial charge is 0.332 e. The number of thiophene rings is 1. The number of nitrogens with one attached hydrogen (secondary N) is 1. The first-order valence-corrected chi connectivity index (χ1v) is 15.0. The fourth-order valence-electron chi connectivity index (χ4n) is 4.44. The van der Waals surface area contributed by atoms with Crippen molar-refractivity contribution >= 4 is 40.7 Å². The van der Waals surface area contributed by atoms with Crippen LogP contribution < -0.4 is 5.32 Å². The molecule has 1 aromatic heterocycles. The predicted molar refractivity (Wildman–Crippen MR) is 154 cm³/mol. The average molecular weight is 555 g/mol. The molecule has 1 aliphatic heterocycles. The van der Waals surface area contributed by atoms with Gasteiger partial charge in [0, 0.05) is 35.1 Å². The van der Waals surface area contributed by atoms with Crippen LogP contribution in [0, 0.1) is 12.7 Å². The topological polar surface area (TPSA) is 55.9 Å². The number of rotatable bonds is 11. The molecule has 0 saturated carbocycles. The minimum atomic E-state index is -0.309. The number of halogens is 1. The second-order valence-corrected chi connectivity index (χ2v) is 11.4. The van der Waals surface area contributed by atoms with Crippen molar-refractivity contribution in [2.45, 2.75) is 37.8 Å². The summed E-state index contributed by atoms with van der Waals surface area (Å²) in [5.41, 5.74) is 2.67. The molecule has 3 aromatic rings. The van der Waals surface area contributed by atoms with Gasteiger partial charge in [-0.2, -0.15) is 0 Å². The summed E-state index contributed by atoms with van der Waals surface area (Å²) < 4.78 is 13.5. The van der Waals surface area contributed by atoms with E-state index < -0.39 is 0 Å². The van der Waals surface area contributed by atoms with Crippen molar-refractivity contribution in [3.63, 3.8) is 0 Å². The number of benzene rings is 2. The number of amides is 3. The Bertz CT molecular complexity index is 1190. The van der Waals surface area contributed by atoms with Gasteiger partial charge in [-0.15, -0.1) is 23.1 Å². The predicted octanol–water partition coefficient (Wildman–Crippen LogP) is 6.08. The smallest absolute Gasteiger partial charge is 0.322 e. The van der Waals surface area contributed by atoms with Gasteiger partial charge in [0.05, 0.1) is 6.54 Å². The summed E-state index contributed by atoms with van der Waals surface area (Å²) in [4.78, 5) is 35.0. The van der Waals surface area contributed by atoms with E-state index in [1.54, 1.807) is 45.0 Å². The van der Waals surface area contributed by atoms with Crippen molar-refractivity contribution in [3.05, 3.63) is 81.8 Å². The van der Waals surface area contributed by atoms with Crippen molar-refractivity contribution in [1.82, 2.24) is 14.7 Å². The van der Waals surface area contributed by atoms with Crippen LogP contribution >= 0.6 is 23.1 Å². The Labute approximate surface area is 232 Å². The van der Waals surface area contributed by atoms with Gasteiger partial charge in [0.2, 0.25) is 5.91 Å². The second-order valence-electron chi connectivity index (χ2n) is 9.53. The maximum absolute atomic E-state index is 13.7. The van der Waals surface area contributed by atoms with Crippen LogP contribution in [0.3, 0.4) is 0 Å². The molecule has 1 aliphatic rings. The Morgan fingerprint density at radius 1 is 1.00 bits per heavy atom. The molecule has 2 heterocycles. The van der Waals surface area contributed by atoms with Crippen molar-refractivity contribution in [2.24, 2.45) is 0 Å². The normalized spacial score (nSPS) is 13.4. The number of likely N-dealkylation sites (tertiary alicyclic amines) is 1. The molecule has 1 fully saturated rings. The number of hydrogen-bond acceptors (Lipinski definition) is 5. The molecule has 6 nitrogen and oxygen atoms in total. The number of carbonyl (C=O) groups excluding carboxylic acids is 2.